The fourth-order valence-corrected chi connectivity index (χ4v) is 15.9. The van der Waals surface area contributed by atoms with Gasteiger partial charge in [-0.05, 0) is 85.9 Å². The molecule has 0 aromatic heterocycles. The summed E-state index contributed by atoms with van der Waals surface area (Å²) < 4.78 is 47.9. The molecule has 5 aliphatic carbocycles. The number of hydrogen-bond acceptors (Lipinski definition) is 22. The van der Waals surface area contributed by atoms with Gasteiger partial charge in [-0.25, -0.2) is 9.59 Å². The maximum Gasteiger partial charge on any atom is 0.335 e. The Kier molecular flexibility index (Phi) is 16.9. The second-order valence-electron chi connectivity index (χ2n) is 24.6. The summed E-state index contributed by atoms with van der Waals surface area (Å²) in [6, 6.07) is 0. The van der Waals surface area contributed by atoms with Gasteiger partial charge in [-0.2, -0.15) is 0 Å². The third kappa shape index (κ3) is 9.40. The van der Waals surface area contributed by atoms with E-state index in [-0.39, 0.29) is 31.3 Å². The molecule has 4 saturated carbocycles. The Morgan fingerprint density at radius 1 is 0.724 bits per heavy atom. The molecule has 23 heteroatoms. The second kappa shape index (κ2) is 21.6. The molecular weight excluding hydrogens is 1000 g/mol. The van der Waals surface area contributed by atoms with Crippen LogP contribution in [0.1, 0.15) is 100 Å². The first-order valence-corrected chi connectivity index (χ1v) is 26.7. The molecule has 432 valence electrons. The van der Waals surface area contributed by atoms with Crippen molar-refractivity contribution in [3.05, 3.63) is 23.8 Å². The molecule has 23 nitrogen and oxygen atoms in total. The Labute approximate surface area is 441 Å². The first-order chi connectivity index (χ1) is 35.6. The second-order valence-corrected chi connectivity index (χ2v) is 24.6. The molecule has 0 amide bonds. The average Bonchev–Trinajstić information content (AvgIpc) is 3.72. The van der Waals surface area contributed by atoms with Crippen LogP contribution in [0.2, 0.25) is 0 Å². The predicted octanol–water partition coefficient (Wildman–Crippen LogP) is -1.07. The summed E-state index contributed by atoms with van der Waals surface area (Å²) in [5, 5.41) is 133. The Bertz CT molecular complexity index is 2190. The van der Waals surface area contributed by atoms with Crippen molar-refractivity contribution < 1.29 is 114 Å². The zero-order chi connectivity index (χ0) is 56.0. The highest BCUT2D eigenvalue weighted by atomic mass is 16.8. The molecule has 0 aromatic carbocycles. The number of hydrogen-bond donors (Lipinski definition) is 12. The number of carboxylic acids is 1. The molecule has 3 saturated heterocycles. The fraction of sp³-hybridized carbons (Fsp3) is 0.868. The molecular formula is C53H82O23. The van der Waals surface area contributed by atoms with Crippen molar-refractivity contribution in [2.24, 2.45) is 50.2 Å². The van der Waals surface area contributed by atoms with Gasteiger partial charge >= 0.3 is 17.9 Å². The molecule has 12 N–H and O–H groups in total. The Morgan fingerprint density at radius 2 is 1.33 bits per heavy atom. The summed E-state index contributed by atoms with van der Waals surface area (Å²) in [5.74, 6) is -3.78. The highest BCUT2D eigenvalue weighted by Gasteiger charge is 2.74. The van der Waals surface area contributed by atoms with Gasteiger partial charge < -0.3 is 99.2 Å². The van der Waals surface area contributed by atoms with E-state index in [4.69, 9.17) is 37.9 Å². The Balaban J connectivity index is 1.13. The van der Waals surface area contributed by atoms with Crippen LogP contribution in [0.25, 0.3) is 0 Å². The third-order valence-electron chi connectivity index (χ3n) is 20.2. The minimum atomic E-state index is -2.15. The van der Waals surface area contributed by atoms with Crippen LogP contribution in [0.5, 0.6) is 0 Å². The van der Waals surface area contributed by atoms with E-state index in [1.165, 1.54) is 19.1 Å². The van der Waals surface area contributed by atoms with E-state index in [9.17, 15) is 75.7 Å². The number of rotatable bonds is 14. The van der Waals surface area contributed by atoms with Crippen LogP contribution in [0.4, 0.5) is 0 Å². The maximum absolute atomic E-state index is 13.0. The van der Waals surface area contributed by atoms with E-state index >= 15 is 0 Å². The van der Waals surface area contributed by atoms with Gasteiger partial charge in [0.1, 0.15) is 79.9 Å². The van der Waals surface area contributed by atoms with E-state index in [2.05, 4.69) is 26.8 Å². The van der Waals surface area contributed by atoms with Crippen molar-refractivity contribution in [2.75, 3.05) is 26.4 Å². The zero-order valence-electron chi connectivity index (χ0n) is 44.5. The van der Waals surface area contributed by atoms with E-state index in [1.807, 2.05) is 20.8 Å². The highest BCUT2D eigenvalue weighted by Crippen LogP contribution is 2.76. The normalized spacial score (nSPS) is 50.9. The summed E-state index contributed by atoms with van der Waals surface area (Å²) in [6.45, 7) is 12.9. The van der Waals surface area contributed by atoms with Gasteiger partial charge in [0.2, 0.25) is 0 Å². The largest absolute Gasteiger partial charge is 0.479 e. The zero-order valence-corrected chi connectivity index (χ0v) is 44.5. The minimum absolute atomic E-state index is 0.0722. The van der Waals surface area contributed by atoms with Gasteiger partial charge in [-0.15, -0.1) is 0 Å². The maximum atomic E-state index is 13.0. The molecule has 0 bridgehead atoms. The first-order valence-electron chi connectivity index (χ1n) is 26.7. The number of carbonyl (C=O) groups excluding carboxylic acids is 2. The highest BCUT2D eigenvalue weighted by molar-refractivity contribution is 5.82. The molecule has 26 atom stereocenters. The summed E-state index contributed by atoms with van der Waals surface area (Å²) in [6.07, 6.45) is -22.4. The standard InChI is InChI=1S/C53H82O23/c1-9-10-32(59)73-43-42(66)53(22-69-23(2)57)25(17-48(43,3)4)24-11-12-29-49(5)15-14-31(50(6,21-56)28(49)13-16-51(29,7)52(24,8)18-30(53)58)72-47-41(76-46-37(64)35(62)33(60)26(19-54)70-46)39(38(65)40(75-47)44(67)68)74-45-36(63)34(61)27(20-55)71-45/h9-11,25-31,33-43,45-47,54-56,58,60-66H,12-22H2,1-8H3,(H,67,68)/b10-9-/t25-,26+,27-,28+,29+,30+,31?,33+,34-,35-,36+,37+,38-,39-,40-,41+,42-,43-,45-,46-,47+,49-,50+,51+,52+,53-/m0/s1. The number of fused-ring (bicyclic) bond motifs is 7. The molecule has 8 rings (SSSR count). The predicted molar refractivity (Wildman–Crippen MR) is 258 cm³/mol. The van der Waals surface area contributed by atoms with Crippen molar-refractivity contribution >= 4 is 17.9 Å². The van der Waals surface area contributed by atoms with Gasteiger partial charge in [0.15, 0.2) is 25.0 Å². The van der Waals surface area contributed by atoms with Crippen molar-refractivity contribution in [3.8, 4) is 0 Å². The number of allylic oxidation sites excluding steroid dienone is 3. The smallest absolute Gasteiger partial charge is 0.335 e. The summed E-state index contributed by atoms with van der Waals surface area (Å²) >= 11 is 0. The molecule has 0 aromatic rings. The summed E-state index contributed by atoms with van der Waals surface area (Å²) in [4.78, 5) is 38.3. The lowest BCUT2D eigenvalue weighted by atomic mass is 9.33. The van der Waals surface area contributed by atoms with Crippen molar-refractivity contribution in [1.29, 1.82) is 0 Å². The van der Waals surface area contributed by atoms with E-state index in [1.54, 1.807) is 6.92 Å². The van der Waals surface area contributed by atoms with Crippen LogP contribution in [0.15, 0.2) is 23.8 Å². The Morgan fingerprint density at radius 3 is 1.91 bits per heavy atom. The van der Waals surface area contributed by atoms with E-state index in [0.29, 0.717) is 32.1 Å². The quantitative estimate of drug-likeness (QED) is 0.0426. The van der Waals surface area contributed by atoms with Crippen LogP contribution >= 0.6 is 0 Å². The van der Waals surface area contributed by atoms with Crippen molar-refractivity contribution in [2.45, 2.75) is 211 Å². The summed E-state index contributed by atoms with van der Waals surface area (Å²) in [7, 11) is 0. The number of aliphatic hydroxyl groups is 11. The SMILES string of the molecule is C/C=C\C(=O)O[C@H]1[C@H](O)[C@]2(COC(C)=O)[C@H](O)C[C@]3(C)C(=CC[C@@H]4[C@@]5(C)CCC(O[C@@H]6O[C@H](C(=O)O)[C@@H](O)[C@H](O[C@@H]7O[C@@H](CO)[C@H](O)[C@H]7O)[C@H]6O[C@@H]6O[C@H](CO)[C@@H](O)[C@H](O)[C@H]6O)[C@](C)(CO)[C@@H]5CC[C@]43C)[C@@H]2CC1(C)C. The van der Waals surface area contributed by atoms with Gasteiger partial charge in [-0.3, -0.25) is 4.79 Å². The van der Waals surface area contributed by atoms with Crippen LogP contribution in [-0.2, 0) is 52.3 Å². The van der Waals surface area contributed by atoms with Crippen LogP contribution < -0.4 is 0 Å². The monoisotopic (exact) mass is 1090 g/mol. The number of aliphatic hydroxyl groups excluding tert-OH is 11. The lowest BCUT2D eigenvalue weighted by molar-refractivity contribution is -0.387. The van der Waals surface area contributed by atoms with Crippen LogP contribution in [0, 0.1) is 50.2 Å². The number of esters is 2. The first kappa shape index (κ1) is 59.3. The molecule has 8 aliphatic rings. The molecule has 0 radical (unpaired) electrons. The van der Waals surface area contributed by atoms with Crippen molar-refractivity contribution in [1.82, 2.24) is 0 Å². The van der Waals surface area contributed by atoms with E-state index in [0.717, 1.165) is 5.57 Å². The lowest BCUT2D eigenvalue weighted by Crippen LogP contribution is -2.72. The van der Waals surface area contributed by atoms with E-state index < -0.39 is 187 Å². The Hall–Kier alpha value is -2.79. The number of carbonyl (C=O) groups is 3. The van der Waals surface area contributed by atoms with Crippen LogP contribution in [0.3, 0.4) is 0 Å². The molecule has 1 unspecified atom stereocenters. The fourth-order valence-electron chi connectivity index (χ4n) is 15.9. The van der Waals surface area contributed by atoms with Crippen molar-refractivity contribution in [3.63, 3.8) is 0 Å². The number of ether oxygens (including phenoxy) is 8. The number of carboxylic acid groups (broad SMARTS) is 1. The van der Waals surface area contributed by atoms with Gasteiger partial charge in [0, 0.05) is 23.8 Å². The van der Waals surface area contributed by atoms with Crippen LogP contribution in [-0.4, -0.2) is 216 Å². The molecule has 0 spiro atoms. The average molecular weight is 1090 g/mol. The van der Waals surface area contributed by atoms with Gasteiger partial charge in [0.05, 0.1) is 37.4 Å². The van der Waals surface area contributed by atoms with Gasteiger partial charge in [-0.1, -0.05) is 59.3 Å². The molecule has 3 aliphatic heterocycles. The minimum Gasteiger partial charge on any atom is -0.479 e. The topological polar surface area (TPSA) is 368 Å². The molecule has 3 heterocycles. The molecule has 76 heavy (non-hydrogen) atoms. The lowest BCUT2D eigenvalue weighted by Gasteiger charge is -2.72. The van der Waals surface area contributed by atoms with Gasteiger partial charge in [0.25, 0.3) is 0 Å². The summed E-state index contributed by atoms with van der Waals surface area (Å²) in [5.41, 5.74) is -4.04. The third-order valence-corrected chi connectivity index (χ3v) is 20.2. The molecule has 7 fully saturated rings. The number of aliphatic carboxylic acids is 1.